The van der Waals surface area contributed by atoms with Gasteiger partial charge in [-0.05, 0) is 59.7 Å². The maximum Gasteiger partial charge on any atom is 0.416 e. The molecule has 2 aromatic carbocycles. The Morgan fingerprint density at radius 3 is 2.24 bits per heavy atom. The minimum atomic E-state index is -4.35. The Morgan fingerprint density at radius 2 is 1.55 bits per heavy atom. The number of pyridine rings is 2. The van der Waals surface area contributed by atoms with Crippen molar-refractivity contribution in [2.75, 3.05) is 5.32 Å². The van der Waals surface area contributed by atoms with E-state index in [-0.39, 0.29) is 0 Å². The number of hydrogen-bond donors (Lipinski definition) is 1. The zero-order valence-electron chi connectivity index (χ0n) is 15.4. The highest BCUT2D eigenvalue weighted by molar-refractivity contribution is 5.95. The van der Waals surface area contributed by atoms with Gasteiger partial charge in [0, 0.05) is 29.7 Å². The molecule has 4 aromatic rings. The van der Waals surface area contributed by atoms with Crippen molar-refractivity contribution in [3.05, 3.63) is 95.9 Å². The molecule has 146 valence electrons. The monoisotopic (exact) mass is 393 g/mol. The summed E-state index contributed by atoms with van der Waals surface area (Å²) in [7, 11) is 0. The number of halogens is 3. The van der Waals surface area contributed by atoms with Gasteiger partial charge in [-0.25, -0.2) is 4.98 Å². The van der Waals surface area contributed by atoms with Gasteiger partial charge in [-0.3, -0.25) is 4.98 Å². The van der Waals surface area contributed by atoms with Crippen LogP contribution in [0.3, 0.4) is 0 Å². The van der Waals surface area contributed by atoms with Gasteiger partial charge >= 0.3 is 6.18 Å². The van der Waals surface area contributed by atoms with Gasteiger partial charge in [-0.15, -0.1) is 0 Å². The molecular formula is C23H18F3N3. The minimum Gasteiger partial charge on any atom is -0.340 e. The number of rotatable bonds is 5. The molecule has 0 aliphatic heterocycles. The Balaban J connectivity index is 1.59. The zero-order valence-corrected chi connectivity index (χ0v) is 15.4. The van der Waals surface area contributed by atoms with E-state index in [0.717, 1.165) is 46.9 Å². The number of fused-ring (bicyclic) bond motifs is 1. The van der Waals surface area contributed by atoms with E-state index >= 15 is 0 Å². The predicted molar refractivity (Wildman–Crippen MR) is 108 cm³/mol. The first-order valence-corrected chi connectivity index (χ1v) is 9.20. The van der Waals surface area contributed by atoms with Crippen molar-refractivity contribution in [2.45, 2.75) is 19.0 Å². The SMILES string of the molecule is FC(F)(F)c1ccc(Nc2ncc(CCc3cccnc3)c3ccccc23)cc1. The number of benzene rings is 2. The maximum atomic E-state index is 12.8. The lowest BCUT2D eigenvalue weighted by Crippen LogP contribution is -2.04. The molecule has 2 heterocycles. The Kier molecular flexibility index (Phi) is 5.16. The van der Waals surface area contributed by atoms with Gasteiger partial charge < -0.3 is 5.32 Å². The smallest absolute Gasteiger partial charge is 0.340 e. The molecule has 29 heavy (non-hydrogen) atoms. The lowest BCUT2D eigenvalue weighted by Gasteiger charge is -2.13. The van der Waals surface area contributed by atoms with Crippen molar-refractivity contribution in [1.29, 1.82) is 0 Å². The summed E-state index contributed by atoms with van der Waals surface area (Å²) in [6.07, 6.45) is 2.76. The van der Waals surface area contributed by atoms with Crippen molar-refractivity contribution >= 4 is 22.3 Å². The second kappa shape index (κ2) is 7.91. The van der Waals surface area contributed by atoms with Crippen LogP contribution in [0.2, 0.25) is 0 Å². The van der Waals surface area contributed by atoms with E-state index in [9.17, 15) is 13.2 Å². The molecule has 0 saturated heterocycles. The summed E-state index contributed by atoms with van der Waals surface area (Å²) in [6.45, 7) is 0. The lowest BCUT2D eigenvalue weighted by atomic mass is 10.0. The van der Waals surface area contributed by atoms with Crippen LogP contribution in [-0.4, -0.2) is 9.97 Å². The third-order valence-corrected chi connectivity index (χ3v) is 4.76. The van der Waals surface area contributed by atoms with Gasteiger partial charge in [0.1, 0.15) is 5.82 Å². The molecule has 2 aromatic heterocycles. The lowest BCUT2D eigenvalue weighted by molar-refractivity contribution is -0.137. The highest BCUT2D eigenvalue weighted by Crippen LogP contribution is 2.31. The van der Waals surface area contributed by atoms with Crippen LogP contribution < -0.4 is 5.32 Å². The van der Waals surface area contributed by atoms with Gasteiger partial charge in [-0.2, -0.15) is 13.2 Å². The van der Waals surface area contributed by atoms with Gasteiger partial charge in [0.2, 0.25) is 0 Å². The van der Waals surface area contributed by atoms with Crippen molar-refractivity contribution < 1.29 is 13.2 Å². The fourth-order valence-corrected chi connectivity index (χ4v) is 3.25. The Hall–Kier alpha value is -3.41. The van der Waals surface area contributed by atoms with Crippen molar-refractivity contribution in [1.82, 2.24) is 9.97 Å². The third-order valence-electron chi connectivity index (χ3n) is 4.76. The topological polar surface area (TPSA) is 37.8 Å². The molecule has 0 aliphatic carbocycles. The average molecular weight is 393 g/mol. The summed E-state index contributed by atoms with van der Waals surface area (Å²) < 4.78 is 38.3. The second-order valence-electron chi connectivity index (χ2n) is 6.74. The molecule has 0 unspecified atom stereocenters. The van der Waals surface area contributed by atoms with Crippen LogP contribution >= 0.6 is 0 Å². The standard InChI is InChI=1S/C23H18F3N3/c24-23(25,26)18-9-11-19(12-10-18)29-22-21-6-2-1-5-20(21)17(15-28-22)8-7-16-4-3-13-27-14-16/h1-6,9-15H,7-8H2,(H,28,29). The number of alkyl halides is 3. The molecular weight excluding hydrogens is 375 g/mol. The fraction of sp³-hybridized carbons (Fsp3) is 0.130. The Morgan fingerprint density at radius 1 is 0.793 bits per heavy atom. The summed E-state index contributed by atoms with van der Waals surface area (Å²) in [6, 6.07) is 16.8. The van der Waals surface area contributed by atoms with Gasteiger partial charge in [0.05, 0.1) is 5.56 Å². The largest absolute Gasteiger partial charge is 0.416 e. The first kappa shape index (κ1) is 18.9. The number of nitrogens with one attached hydrogen (secondary N) is 1. The molecule has 0 fully saturated rings. The van der Waals surface area contributed by atoms with Gasteiger partial charge in [0.15, 0.2) is 0 Å². The van der Waals surface area contributed by atoms with E-state index in [1.54, 1.807) is 6.20 Å². The van der Waals surface area contributed by atoms with Crippen molar-refractivity contribution in [3.63, 3.8) is 0 Å². The molecule has 0 spiro atoms. The van der Waals surface area contributed by atoms with E-state index in [0.29, 0.717) is 11.5 Å². The summed E-state index contributed by atoms with van der Waals surface area (Å²) in [5, 5.41) is 5.14. The average Bonchev–Trinajstić information content (AvgIpc) is 2.74. The van der Waals surface area contributed by atoms with Crippen LogP contribution in [0.5, 0.6) is 0 Å². The second-order valence-corrected chi connectivity index (χ2v) is 6.74. The van der Waals surface area contributed by atoms with E-state index < -0.39 is 11.7 Å². The van der Waals surface area contributed by atoms with Crippen LogP contribution in [-0.2, 0) is 19.0 Å². The highest BCUT2D eigenvalue weighted by atomic mass is 19.4. The van der Waals surface area contributed by atoms with Gasteiger partial charge in [0.25, 0.3) is 0 Å². The molecule has 1 N–H and O–H groups in total. The van der Waals surface area contributed by atoms with Gasteiger partial charge in [-0.1, -0.05) is 30.3 Å². The molecule has 3 nitrogen and oxygen atoms in total. The summed E-state index contributed by atoms with van der Waals surface area (Å²) in [5.41, 5.74) is 2.15. The summed E-state index contributed by atoms with van der Waals surface area (Å²) in [4.78, 5) is 8.68. The predicted octanol–water partition coefficient (Wildman–Crippen LogP) is 6.18. The molecule has 0 atom stereocenters. The first-order valence-electron chi connectivity index (χ1n) is 9.20. The van der Waals surface area contributed by atoms with Crippen molar-refractivity contribution in [3.8, 4) is 0 Å². The van der Waals surface area contributed by atoms with E-state index in [4.69, 9.17) is 0 Å². The van der Waals surface area contributed by atoms with Crippen LogP contribution in [0.4, 0.5) is 24.7 Å². The molecule has 4 rings (SSSR count). The molecule has 0 radical (unpaired) electrons. The highest BCUT2D eigenvalue weighted by Gasteiger charge is 2.29. The number of hydrogen-bond acceptors (Lipinski definition) is 3. The number of aromatic nitrogens is 2. The van der Waals surface area contributed by atoms with Crippen LogP contribution in [0.25, 0.3) is 10.8 Å². The molecule has 6 heteroatoms. The first-order chi connectivity index (χ1) is 14.0. The molecule has 0 amide bonds. The summed E-state index contributed by atoms with van der Waals surface area (Å²) in [5.74, 6) is 0.616. The molecule has 0 bridgehead atoms. The van der Waals surface area contributed by atoms with Crippen LogP contribution in [0.15, 0.2) is 79.3 Å². The Labute approximate surface area is 166 Å². The number of aryl methyl sites for hydroxylation is 2. The van der Waals surface area contributed by atoms with Crippen LogP contribution in [0.1, 0.15) is 16.7 Å². The zero-order chi connectivity index (χ0) is 20.3. The normalized spacial score (nSPS) is 11.6. The molecule has 0 aliphatic rings. The maximum absolute atomic E-state index is 12.8. The third kappa shape index (κ3) is 4.37. The Bertz CT molecular complexity index is 1110. The van der Waals surface area contributed by atoms with E-state index in [1.165, 1.54) is 12.1 Å². The van der Waals surface area contributed by atoms with E-state index in [2.05, 4.69) is 15.3 Å². The van der Waals surface area contributed by atoms with E-state index in [1.807, 2.05) is 48.8 Å². The number of anilines is 2. The van der Waals surface area contributed by atoms with Crippen molar-refractivity contribution in [2.24, 2.45) is 0 Å². The fourth-order valence-electron chi connectivity index (χ4n) is 3.25. The van der Waals surface area contributed by atoms with Crippen LogP contribution in [0, 0.1) is 0 Å². The quantitative estimate of drug-likeness (QED) is 0.440. The number of nitrogens with zero attached hydrogens (tertiary/aromatic N) is 2. The molecule has 0 saturated carbocycles. The summed E-state index contributed by atoms with van der Waals surface area (Å²) >= 11 is 0. The minimum absolute atomic E-state index is 0.554.